The number of benzene rings is 2. The van der Waals surface area contributed by atoms with Gasteiger partial charge in [0.1, 0.15) is 5.75 Å². The van der Waals surface area contributed by atoms with Crippen LogP contribution in [0.3, 0.4) is 0 Å². The van der Waals surface area contributed by atoms with Crippen LogP contribution < -0.4 is 15.5 Å². The zero-order chi connectivity index (χ0) is 17.4. The second-order valence-corrected chi connectivity index (χ2v) is 4.73. The van der Waals surface area contributed by atoms with Gasteiger partial charge in [-0.2, -0.15) is 5.10 Å². The largest absolute Gasteiger partial charge is 0.497 e. The second-order valence-electron chi connectivity index (χ2n) is 4.73. The molecule has 8 nitrogen and oxygen atoms in total. The quantitative estimate of drug-likeness (QED) is 0.460. The van der Waals surface area contributed by atoms with E-state index in [9.17, 15) is 14.9 Å². The monoisotopic (exact) mass is 328 g/mol. The third-order valence-corrected chi connectivity index (χ3v) is 3.01. The number of methoxy groups -OCH3 is 1. The molecule has 0 bridgehead atoms. The summed E-state index contributed by atoms with van der Waals surface area (Å²) >= 11 is 0. The number of ether oxygens (including phenoxy) is 1. The van der Waals surface area contributed by atoms with Gasteiger partial charge in [0.15, 0.2) is 0 Å². The maximum atomic E-state index is 11.7. The molecular formula is C16H16N4O4. The van der Waals surface area contributed by atoms with Gasteiger partial charge in [0.25, 0.3) is 11.6 Å². The Hall–Kier alpha value is -3.42. The Bertz CT molecular complexity index is 761. The van der Waals surface area contributed by atoms with E-state index in [0.29, 0.717) is 11.3 Å². The minimum absolute atomic E-state index is 0.0272. The van der Waals surface area contributed by atoms with Gasteiger partial charge >= 0.3 is 0 Å². The van der Waals surface area contributed by atoms with Crippen LogP contribution in [0.25, 0.3) is 0 Å². The van der Waals surface area contributed by atoms with E-state index < -0.39 is 4.92 Å². The molecule has 0 spiro atoms. The fourth-order valence-electron chi connectivity index (χ4n) is 1.85. The van der Waals surface area contributed by atoms with E-state index in [0.717, 1.165) is 5.69 Å². The van der Waals surface area contributed by atoms with Crippen molar-refractivity contribution >= 4 is 23.5 Å². The van der Waals surface area contributed by atoms with E-state index in [2.05, 4.69) is 15.8 Å². The first-order chi connectivity index (χ1) is 11.6. The van der Waals surface area contributed by atoms with Crippen LogP contribution in [0.1, 0.15) is 5.56 Å². The van der Waals surface area contributed by atoms with Crippen molar-refractivity contribution in [3.8, 4) is 5.75 Å². The van der Waals surface area contributed by atoms with Crippen molar-refractivity contribution in [3.05, 3.63) is 64.2 Å². The Balaban J connectivity index is 1.84. The standard InChI is InChI=1S/C16H16N4O4/c1-24-15-7-3-5-13(9-15)17-11-16(21)19-18-10-12-4-2-6-14(8-12)20(22)23/h2-10,17H,11H2,1H3,(H,19,21)/b18-10-. The number of carbonyl (C=O) groups is 1. The number of nitro benzene ring substituents is 1. The van der Waals surface area contributed by atoms with Crippen LogP contribution in [0.15, 0.2) is 53.6 Å². The van der Waals surface area contributed by atoms with Crippen LogP contribution >= 0.6 is 0 Å². The summed E-state index contributed by atoms with van der Waals surface area (Å²) in [6.07, 6.45) is 1.34. The Labute approximate surface area is 138 Å². The smallest absolute Gasteiger partial charge is 0.270 e. The summed E-state index contributed by atoms with van der Waals surface area (Å²) in [5, 5.41) is 17.4. The van der Waals surface area contributed by atoms with Gasteiger partial charge in [-0.05, 0) is 12.1 Å². The Morgan fingerprint density at radius 3 is 2.83 bits per heavy atom. The number of hydrazone groups is 1. The molecule has 0 atom stereocenters. The van der Waals surface area contributed by atoms with Gasteiger partial charge in [-0.1, -0.05) is 18.2 Å². The highest BCUT2D eigenvalue weighted by Crippen LogP contribution is 2.16. The summed E-state index contributed by atoms with van der Waals surface area (Å²) in [4.78, 5) is 21.9. The molecule has 8 heteroatoms. The van der Waals surface area contributed by atoms with E-state index >= 15 is 0 Å². The van der Waals surface area contributed by atoms with Crippen molar-refractivity contribution in [1.82, 2.24) is 5.43 Å². The summed E-state index contributed by atoms with van der Waals surface area (Å²) in [5.74, 6) is 0.337. The van der Waals surface area contributed by atoms with E-state index in [1.807, 2.05) is 6.07 Å². The molecule has 0 aliphatic heterocycles. The molecule has 0 heterocycles. The molecule has 0 saturated carbocycles. The number of nitrogens with zero attached hydrogens (tertiary/aromatic N) is 2. The zero-order valence-corrected chi connectivity index (χ0v) is 12.9. The molecule has 24 heavy (non-hydrogen) atoms. The lowest BCUT2D eigenvalue weighted by atomic mass is 10.2. The van der Waals surface area contributed by atoms with Crippen LogP contribution in [0.4, 0.5) is 11.4 Å². The molecule has 124 valence electrons. The molecule has 1 amide bonds. The number of hydrogen-bond donors (Lipinski definition) is 2. The molecule has 0 aliphatic carbocycles. The summed E-state index contributed by atoms with van der Waals surface area (Å²) in [6, 6.07) is 13.1. The molecular weight excluding hydrogens is 312 g/mol. The first kappa shape index (κ1) is 16.9. The summed E-state index contributed by atoms with van der Waals surface area (Å²) in [5.41, 5.74) is 3.57. The lowest BCUT2D eigenvalue weighted by Crippen LogP contribution is -2.25. The van der Waals surface area contributed by atoms with Gasteiger partial charge < -0.3 is 10.1 Å². The van der Waals surface area contributed by atoms with Gasteiger partial charge in [-0.3, -0.25) is 14.9 Å². The first-order valence-corrected chi connectivity index (χ1v) is 7.03. The number of rotatable bonds is 7. The molecule has 2 N–H and O–H groups in total. The minimum atomic E-state index is -0.492. The molecule has 0 radical (unpaired) electrons. The number of carbonyl (C=O) groups excluding carboxylic acids is 1. The summed E-state index contributed by atoms with van der Waals surface area (Å²) < 4.78 is 5.09. The Morgan fingerprint density at radius 2 is 2.08 bits per heavy atom. The van der Waals surface area contributed by atoms with E-state index in [-0.39, 0.29) is 18.1 Å². The third-order valence-electron chi connectivity index (χ3n) is 3.01. The average molecular weight is 328 g/mol. The van der Waals surface area contributed by atoms with Gasteiger partial charge in [0.05, 0.1) is 24.8 Å². The fourth-order valence-corrected chi connectivity index (χ4v) is 1.85. The van der Waals surface area contributed by atoms with E-state index in [1.54, 1.807) is 37.4 Å². The molecule has 2 aromatic rings. The lowest BCUT2D eigenvalue weighted by molar-refractivity contribution is -0.384. The predicted molar refractivity (Wildman–Crippen MR) is 90.3 cm³/mol. The first-order valence-electron chi connectivity index (χ1n) is 7.03. The number of amides is 1. The molecule has 0 saturated heterocycles. The van der Waals surface area contributed by atoms with Crippen molar-refractivity contribution < 1.29 is 14.5 Å². The van der Waals surface area contributed by atoms with E-state index in [1.165, 1.54) is 18.3 Å². The van der Waals surface area contributed by atoms with Crippen molar-refractivity contribution in [2.24, 2.45) is 5.10 Å². The molecule has 0 fully saturated rings. The van der Waals surface area contributed by atoms with Crippen molar-refractivity contribution in [1.29, 1.82) is 0 Å². The highest BCUT2D eigenvalue weighted by atomic mass is 16.6. The second kappa shape index (κ2) is 8.28. The van der Waals surface area contributed by atoms with Crippen LogP contribution in [0, 0.1) is 10.1 Å². The van der Waals surface area contributed by atoms with Crippen molar-refractivity contribution in [2.45, 2.75) is 0 Å². The van der Waals surface area contributed by atoms with E-state index in [4.69, 9.17) is 4.74 Å². The number of non-ortho nitro benzene ring substituents is 1. The number of hydrogen-bond acceptors (Lipinski definition) is 6. The summed E-state index contributed by atoms with van der Waals surface area (Å²) in [7, 11) is 1.56. The van der Waals surface area contributed by atoms with Crippen LogP contribution in [0.2, 0.25) is 0 Å². The van der Waals surface area contributed by atoms with Gasteiger partial charge in [0.2, 0.25) is 0 Å². The van der Waals surface area contributed by atoms with Gasteiger partial charge in [-0.25, -0.2) is 5.43 Å². The predicted octanol–water partition coefficient (Wildman–Crippen LogP) is 2.17. The van der Waals surface area contributed by atoms with Crippen LogP contribution in [-0.2, 0) is 4.79 Å². The van der Waals surface area contributed by atoms with Crippen LogP contribution in [0.5, 0.6) is 5.75 Å². The van der Waals surface area contributed by atoms with Crippen molar-refractivity contribution in [2.75, 3.05) is 19.0 Å². The highest BCUT2D eigenvalue weighted by molar-refractivity contribution is 5.84. The molecule has 2 aromatic carbocycles. The number of nitrogens with one attached hydrogen (secondary N) is 2. The zero-order valence-electron chi connectivity index (χ0n) is 12.9. The lowest BCUT2D eigenvalue weighted by Gasteiger charge is -2.06. The maximum Gasteiger partial charge on any atom is 0.270 e. The maximum absolute atomic E-state index is 11.7. The normalized spacial score (nSPS) is 10.4. The van der Waals surface area contributed by atoms with Gasteiger partial charge in [-0.15, -0.1) is 0 Å². The minimum Gasteiger partial charge on any atom is -0.497 e. The SMILES string of the molecule is COc1cccc(NCC(=O)N/N=C\c2cccc([N+](=O)[O-])c2)c1. The summed E-state index contributed by atoms with van der Waals surface area (Å²) in [6.45, 7) is 0.0272. The number of nitro groups is 1. The highest BCUT2D eigenvalue weighted by Gasteiger charge is 2.04. The van der Waals surface area contributed by atoms with Gasteiger partial charge in [0, 0.05) is 29.4 Å². The fraction of sp³-hybridized carbons (Fsp3) is 0.125. The molecule has 0 aliphatic rings. The van der Waals surface area contributed by atoms with Crippen LogP contribution in [-0.4, -0.2) is 30.7 Å². The molecule has 2 rings (SSSR count). The Morgan fingerprint density at radius 1 is 1.29 bits per heavy atom. The Kier molecular flexibility index (Phi) is 5.84. The third kappa shape index (κ3) is 5.09. The molecule has 0 unspecified atom stereocenters. The topological polar surface area (TPSA) is 106 Å². The number of anilines is 1. The van der Waals surface area contributed by atoms with Crippen molar-refractivity contribution in [3.63, 3.8) is 0 Å². The molecule has 0 aromatic heterocycles. The average Bonchev–Trinajstić information content (AvgIpc) is 2.60.